The van der Waals surface area contributed by atoms with Crippen LogP contribution in [-0.4, -0.2) is 5.97 Å². The van der Waals surface area contributed by atoms with E-state index in [1.807, 2.05) is 43.3 Å². The lowest BCUT2D eigenvalue weighted by atomic mass is 9.77. The molecular weight excluding hydrogens is 368 g/mol. The van der Waals surface area contributed by atoms with Crippen molar-refractivity contribution in [3.8, 4) is 5.75 Å². The van der Waals surface area contributed by atoms with Crippen molar-refractivity contribution in [2.75, 3.05) is 0 Å². The average molecular weight is 407 g/mol. The summed E-state index contributed by atoms with van der Waals surface area (Å²) in [6, 6.07) is 15.7. The first kappa shape index (κ1) is 22.6. The summed E-state index contributed by atoms with van der Waals surface area (Å²) < 4.78 is 5.54. The predicted octanol–water partition coefficient (Wildman–Crippen LogP) is 8.24. The Kier molecular flexibility index (Phi) is 8.99. The van der Waals surface area contributed by atoms with Gasteiger partial charge in [-0.2, -0.15) is 0 Å². The van der Waals surface area contributed by atoms with Crippen LogP contribution >= 0.6 is 0 Å². The van der Waals surface area contributed by atoms with Crippen LogP contribution in [0.15, 0.2) is 48.5 Å². The van der Waals surface area contributed by atoms with Crippen LogP contribution < -0.4 is 4.74 Å². The lowest BCUT2D eigenvalue weighted by Gasteiger charge is -2.29. The smallest absolute Gasteiger partial charge is 0.343 e. The second-order valence-electron chi connectivity index (χ2n) is 9.10. The van der Waals surface area contributed by atoms with Gasteiger partial charge in [0.15, 0.2) is 0 Å². The van der Waals surface area contributed by atoms with Crippen LogP contribution in [0.1, 0.15) is 105 Å². The number of unbranched alkanes of at least 4 members (excludes halogenated alkanes) is 5. The quantitative estimate of drug-likeness (QED) is 0.225. The largest absolute Gasteiger partial charge is 0.423 e. The number of hydrogen-bond acceptors (Lipinski definition) is 2. The molecule has 1 aliphatic carbocycles. The molecule has 0 bridgehead atoms. The molecule has 2 aromatic rings. The second-order valence-corrected chi connectivity index (χ2v) is 9.10. The molecule has 0 N–H and O–H groups in total. The fraction of sp³-hybridized carbons (Fsp3) is 0.536. The number of rotatable bonds is 10. The van der Waals surface area contributed by atoms with Gasteiger partial charge in [-0.3, -0.25) is 0 Å². The third kappa shape index (κ3) is 7.00. The standard InChI is InChI=1S/C28H38O2/c1-3-4-5-6-7-8-9-23-12-16-24(17-13-23)25-18-20-27(21-19-25)30-28(29)26-14-10-22(2)11-15-26/h10-11,14-15,18-21,23-24H,3-9,12-13,16-17H2,1-2H3. The summed E-state index contributed by atoms with van der Waals surface area (Å²) in [6.07, 6.45) is 15.1. The number of ether oxygens (including phenoxy) is 1. The van der Waals surface area contributed by atoms with Crippen molar-refractivity contribution in [3.63, 3.8) is 0 Å². The highest BCUT2D eigenvalue weighted by molar-refractivity contribution is 5.91. The summed E-state index contributed by atoms with van der Waals surface area (Å²) in [5.74, 6) is 1.92. The van der Waals surface area contributed by atoms with E-state index in [4.69, 9.17) is 4.74 Å². The molecule has 162 valence electrons. The van der Waals surface area contributed by atoms with Crippen LogP contribution in [0.4, 0.5) is 0 Å². The Morgan fingerprint density at radius 1 is 0.833 bits per heavy atom. The molecule has 0 aromatic heterocycles. The van der Waals surface area contributed by atoms with Gasteiger partial charge in [-0.1, -0.05) is 81.7 Å². The van der Waals surface area contributed by atoms with E-state index in [2.05, 4.69) is 19.1 Å². The maximum Gasteiger partial charge on any atom is 0.343 e. The zero-order valence-corrected chi connectivity index (χ0v) is 18.9. The molecule has 3 rings (SSSR count). The van der Waals surface area contributed by atoms with Crippen LogP contribution in [0.2, 0.25) is 0 Å². The number of benzene rings is 2. The highest BCUT2D eigenvalue weighted by atomic mass is 16.5. The Bertz CT molecular complexity index is 752. The Hall–Kier alpha value is -2.09. The fourth-order valence-corrected chi connectivity index (χ4v) is 4.66. The summed E-state index contributed by atoms with van der Waals surface area (Å²) in [6.45, 7) is 4.29. The van der Waals surface area contributed by atoms with Gasteiger partial charge in [-0.05, 0) is 74.3 Å². The van der Waals surface area contributed by atoms with Gasteiger partial charge < -0.3 is 4.74 Å². The van der Waals surface area contributed by atoms with E-state index in [0.717, 1.165) is 11.5 Å². The molecule has 0 spiro atoms. The number of aryl methyl sites for hydroxylation is 1. The first-order chi connectivity index (χ1) is 14.7. The van der Waals surface area contributed by atoms with Crippen LogP contribution in [-0.2, 0) is 0 Å². The Morgan fingerprint density at radius 3 is 2.13 bits per heavy atom. The van der Waals surface area contributed by atoms with Crippen molar-refractivity contribution in [2.24, 2.45) is 5.92 Å². The maximum absolute atomic E-state index is 12.3. The minimum Gasteiger partial charge on any atom is -0.423 e. The number of esters is 1. The lowest BCUT2D eigenvalue weighted by molar-refractivity contribution is 0.0734. The zero-order chi connectivity index (χ0) is 21.2. The van der Waals surface area contributed by atoms with Gasteiger partial charge in [0.2, 0.25) is 0 Å². The van der Waals surface area contributed by atoms with Gasteiger partial charge in [-0.25, -0.2) is 4.79 Å². The normalized spacial score (nSPS) is 18.9. The lowest BCUT2D eigenvalue weighted by Crippen LogP contribution is -2.13. The maximum atomic E-state index is 12.3. The molecule has 1 saturated carbocycles. The van der Waals surface area contributed by atoms with Gasteiger partial charge >= 0.3 is 5.97 Å². The molecule has 1 aliphatic rings. The number of carbonyl (C=O) groups excluding carboxylic acids is 1. The molecule has 0 atom stereocenters. The Balaban J connectivity index is 1.40. The van der Waals surface area contributed by atoms with E-state index in [9.17, 15) is 4.79 Å². The first-order valence-corrected chi connectivity index (χ1v) is 12.0. The molecule has 0 saturated heterocycles. The third-order valence-corrected chi connectivity index (χ3v) is 6.66. The molecule has 0 amide bonds. The van der Waals surface area contributed by atoms with Gasteiger partial charge in [-0.15, -0.1) is 0 Å². The van der Waals surface area contributed by atoms with Crippen LogP contribution in [0.3, 0.4) is 0 Å². The highest BCUT2D eigenvalue weighted by Gasteiger charge is 2.22. The van der Waals surface area contributed by atoms with Gasteiger partial charge in [0.1, 0.15) is 5.75 Å². The monoisotopic (exact) mass is 406 g/mol. The van der Waals surface area contributed by atoms with Crippen molar-refractivity contribution in [3.05, 3.63) is 65.2 Å². The average Bonchev–Trinajstić information content (AvgIpc) is 2.77. The van der Waals surface area contributed by atoms with Crippen LogP contribution in [0.25, 0.3) is 0 Å². The van der Waals surface area contributed by atoms with E-state index in [0.29, 0.717) is 17.2 Å². The minimum absolute atomic E-state index is 0.294. The summed E-state index contributed by atoms with van der Waals surface area (Å²) in [5, 5.41) is 0. The molecule has 1 fully saturated rings. The Labute approximate surface area is 183 Å². The molecule has 0 aliphatic heterocycles. The van der Waals surface area contributed by atoms with E-state index in [1.165, 1.54) is 76.2 Å². The van der Waals surface area contributed by atoms with E-state index in [1.54, 1.807) is 0 Å². The molecule has 2 nitrogen and oxygen atoms in total. The van der Waals surface area contributed by atoms with Gasteiger partial charge in [0, 0.05) is 0 Å². The molecular formula is C28H38O2. The van der Waals surface area contributed by atoms with Crippen molar-refractivity contribution in [2.45, 2.75) is 90.4 Å². The fourth-order valence-electron chi connectivity index (χ4n) is 4.66. The van der Waals surface area contributed by atoms with E-state index >= 15 is 0 Å². The van der Waals surface area contributed by atoms with E-state index in [-0.39, 0.29) is 5.97 Å². The van der Waals surface area contributed by atoms with Crippen molar-refractivity contribution in [1.29, 1.82) is 0 Å². The molecule has 30 heavy (non-hydrogen) atoms. The molecule has 0 unspecified atom stereocenters. The van der Waals surface area contributed by atoms with Crippen molar-refractivity contribution < 1.29 is 9.53 Å². The van der Waals surface area contributed by atoms with Crippen LogP contribution in [0.5, 0.6) is 5.75 Å². The SMILES string of the molecule is CCCCCCCCC1CCC(c2ccc(OC(=O)c3ccc(C)cc3)cc2)CC1. The zero-order valence-electron chi connectivity index (χ0n) is 18.9. The topological polar surface area (TPSA) is 26.3 Å². The molecule has 0 radical (unpaired) electrons. The summed E-state index contributed by atoms with van der Waals surface area (Å²) in [5.41, 5.74) is 3.12. The Morgan fingerprint density at radius 2 is 1.47 bits per heavy atom. The van der Waals surface area contributed by atoms with Crippen molar-refractivity contribution in [1.82, 2.24) is 0 Å². The third-order valence-electron chi connectivity index (χ3n) is 6.66. The van der Waals surface area contributed by atoms with E-state index < -0.39 is 0 Å². The van der Waals surface area contributed by atoms with Gasteiger partial charge in [0.05, 0.1) is 5.56 Å². The second kappa shape index (κ2) is 11.9. The summed E-state index contributed by atoms with van der Waals surface area (Å²) >= 11 is 0. The highest BCUT2D eigenvalue weighted by Crippen LogP contribution is 2.38. The molecule has 2 heteroatoms. The minimum atomic E-state index is -0.294. The molecule has 2 aromatic carbocycles. The van der Waals surface area contributed by atoms with Crippen molar-refractivity contribution >= 4 is 5.97 Å². The predicted molar refractivity (Wildman–Crippen MR) is 125 cm³/mol. The molecule has 0 heterocycles. The summed E-state index contributed by atoms with van der Waals surface area (Å²) in [7, 11) is 0. The first-order valence-electron chi connectivity index (χ1n) is 12.0. The number of carbonyl (C=O) groups is 1. The number of hydrogen-bond donors (Lipinski definition) is 0. The van der Waals surface area contributed by atoms with Crippen LogP contribution in [0, 0.1) is 12.8 Å². The van der Waals surface area contributed by atoms with Gasteiger partial charge in [0.25, 0.3) is 0 Å². The summed E-state index contributed by atoms with van der Waals surface area (Å²) in [4.78, 5) is 12.3.